The van der Waals surface area contributed by atoms with Gasteiger partial charge in [-0.3, -0.25) is 0 Å². The SMILES string of the molecule is CNCC1CCN(S(=O)(=O)c2ccc(OCC(C)C)cc2)CC1. The van der Waals surface area contributed by atoms with Crippen molar-refractivity contribution in [3.63, 3.8) is 0 Å². The van der Waals surface area contributed by atoms with Crippen LogP contribution in [0.3, 0.4) is 0 Å². The molecular formula is C17H28N2O3S. The fourth-order valence-electron chi connectivity index (χ4n) is 2.76. The lowest BCUT2D eigenvalue weighted by Gasteiger charge is -2.31. The van der Waals surface area contributed by atoms with Crippen molar-refractivity contribution in [1.82, 2.24) is 9.62 Å². The van der Waals surface area contributed by atoms with Crippen LogP contribution in [0.4, 0.5) is 0 Å². The Balaban J connectivity index is 1.99. The lowest BCUT2D eigenvalue weighted by Crippen LogP contribution is -2.40. The van der Waals surface area contributed by atoms with E-state index in [0.717, 1.165) is 19.4 Å². The maximum atomic E-state index is 12.7. The van der Waals surface area contributed by atoms with Crippen molar-refractivity contribution in [2.75, 3.05) is 33.3 Å². The molecule has 1 N–H and O–H groups in total. The molecule has 23 heavy (non-hydrogen) atoms. The Morgan fingerprint density at radius 2 is 1.83 bits per heavy atom. The fraction of sp³-hybridized carbons (Fsp3) is 0.647. The van der Waals surface area contributed by atoms with Crippen LogP contribution in [0.5, 0.6) is 5.75 Å². The minimum Gasteiger partial charge on any atom is -0.493 e. The standard InChI is InChI=1S/C17H28N2O3S/c1-14(2)13-22-16-4-6-17(7-5-16)23(20,21)19-10-8-15(9-11-19)12-18-3/h4-7,14-15,18H,8-13H2,1-3H3. The molecule has 0 aliphatic carbocycles. The first kappa shape index (κ1) is 18.2. The molecule has 5 nitrogen and oxygen atoms in total. The molecular weight excluding hydrogens is 312 g/mol. The summed E-state index contributed by atoms with van der Waals surface area (Å²) in [6.07, 6.45) is 1.82. The van der Waals surface area contributed by atoms with Crippen LogP contribution >= 0.6 is 0 Å². The predicted octanol–water partition coefficient (Wildman–Crippen LogP) is 2.34. The van der Waals surface area contributed by atoms with Gasteiger partial charge in [-0.1, -0.05) is 13.8 Å². The molecule has 1 heterocycles. The molecule has 2 rings (SSSR count). The van der Waals surface area contributed by atoms with Crippen molar-refractivity contribution in [1.29, 1.82) is 0 Å². The predicted molar refractivity (Wildman–Crippen MR) is 92.2 cm³/mol. The van der Waals surface area contributed by atoms with Gasteiger partial charge in [0.25, 0.3) is 0 Å². The van der Waals surface area contributed by atoms with Crippen LogP contribution < -0.4 is 10.1 Å². The van der Waals surface area contributed by atoms with Gasteiger partial charge in [0, 0.05) is 13.1 Å². The number of sulfonamides is 1. The number of nitrogens with one attached hydrogen (secondary N) is 1. The summed E-state index contributed by atoms with van der Waals surface area (Å²) >= 11 is 0. The van der Waals surface area contributed by atoms with Crippen LogP contribution in [-0.2, 0) is 10.0 Å². The van der Waals surface area contributed by atoms with Crippen LogP contribution in [0.2, 0.25) is 0 Å². The molecule has 0 saturated carbocycles. The summed E-state index contributed by atoms with van der Waals surface area (Å²) in [5.74, 6) is 1.72. The summed E-state index contributed by atoms with van der Waals surface area (Å²) in [5.41, 5.74) is 0. The first-order chi connectivity index (χ1) is 10.9. The molecule has 1 aromatic rings. The molecule has 1 aromatic carbocycles. The van der Waals surface area contributed by atoms with Gasteiger partial charge in [0.2, 0.25) is 10.0 Å². The van der Waals surface area contributed by atoms with E-state index >= 15 is 0 Å². The van der Waals surface area contributed by atoms with E-state index < -0.39 is 10.0 Å². The summed E-state index contributed by atoms with van der Waals surface area (Å²) in [6.45, 7) is 6.94. The van der Waals surface area contributed by atoms with Crippen LogP contribution in [0.1, 0.15) is 26.7 Å². The van der Waals surface area contributed by atoms with Crippen molar-refractivity contribution < 1.29 is 13.2 Å². The number of hydrogen-bond donors (Lipinski definition) is 1. The zero-order chi connectivity index (χ0) is 16.9. The van der Waals surface area contributed by atoms with Crippen molar-refractivity contribution >= 4 is 10.0 Å². The molecule has 1 fully saturated rings. The highest BCUT2D eigenvalue weighted by molar-refractivity contribution is 7.89. The Morgan fingerprint density at radius 1 is 1.22 bits per heavy atom. The highest BCUT2D eigenvalue weighted by Gasteiger charge is 2.29. The normalized spacial score (nSPS) is 17.6. The van der Waals surface area contributed by atoms with Gasteiger partial charge in [-0.15, -0.1) is 0 Å². The van der Waals surface area contributed by atoms with Crippen molar-refractivity contribution in [3.05, 3.63) is 24.3 Å². The Labute approximate surface area is 140 Å². The van der Waals surface area contributed by atoms with Gasteiger partial charge in [0.15, 0.2) is 0 Å². The van der Waals surface area contributed by atoms with E-state index in [1.807, 2.05) is 7.05 Å². The van der Waals surface area contributed by atoms with Crippen LogP contribution in [-0.4, -0.2) is 46.0 Å². The average Bonchev–Trinajstić information content (AvgIpc) is 2.54. The number of piperidine rings is 1. The summed E-state index contributed by atoms with van der Waals surface area (Å²) in [6, 6.07) is 6.77. The van der Waals surface area contributed by atoms with Gasteiger partial charge in [0.1, 0.15) is 5.75 Å². The van der Waals surface area contributed by atoms with Crippen molar-refractivity contribution in [2.45, 2.75) is 31.6 Å². The van der Waals surface area contributed by atoms with Crippen LogP contribution in [0.25, 0.3) is 0 Å². The zero-order valence-corrected chi connectivity index (χ0v) is 15.1. The highest BCUT2D eigenvalue weighted by Crippen LogP contribution is 2.25. The fourth-order valence-corrected chi connectivity index (χ4v) is 4.23. The molecule has 6 heteroatoms. The number of benzene rings is 1. The second kappa shape index (κ2) is 8.13. The molecule has 1 saturated heterocycles. The Bertz CT molecular complexity index is 576. The average molecular weight is 340 g/mol. The number of rotatable bonds is 7. The molecule has 130 valence electrons. The smallest absolute Gasteiger partial charge is 0.243 e. The van der Waals surface area contributed by atoms with E-state index in [0.29, 0.717) is 42.2 Å². The summed E-state index contributed by atoms with van der Waals surface area (Å²) in [5, 5.41) is 3.17. The minimum atomic E-state index is -3.39. The van der Waals surface area contributed by atoms with Gasteiger partial charge in [-0.05, 0) is 62.5 Å². The van der Waals surface area contributed by atoms with E-state index in [1.165, 1.54) is 0 Å². The number of nitrogens with zero attached hydrogens (tertiary/aromatic N) is 1. The molecule has 0 bridgehead atoms. The first-order valence-corrected chi connectivity index (χ1v) is 9.75. The van der Waals surface area contributed by atoms with Gasteiger partial charge in [0.05, 0.1) is 11.5 Å². The largest absolute Gasteiger partial charge is 0.493 e. The maximum Gasteiger partial charge on any atom is 0.243 e. The van der Waals surface area contributed by atoms with Crippen molar-refractivity contribution in [2.24, 2.45) is 11.8 Å². The number of ether oxygens (including phenoxy) is 1. The van der Waals surface area contributed by atoms with E-state index in [-0.39, 0.29) is 0 Å². The minimum absolute atomic E-state index is 0.349. The molecule has 1 aliphatic heterocycles. The monoisotopic (exact) mass is 340 g/mol. The van der Waals surface area contributed by atoms with E-state index in [1.54, 1.807) is 28.6 Å². The topological polar surface area (TPSA) is 58.6 Å². The highest BCUT2D eigenvalue weighted by atomic mass is 32.2. The summed E-state index contributed by atoms with van der Waals surface area (Å²) in [7, 11) is -1.45. The third-order valence-corrected chi connectivity index (χ3v) is 6.02. The zero-order valence-electron chi connectivity index (χ0n) is 14.3. The second-order valence-corrected chi connectivity index (χ2v) is 8.52. The quantitative estimate of drug-likeness (QED) is 0.828. The van der Waals surface area contributed by atoms with E-state index in [4.69, 9.17) is 4.74 Å². The lowest BCUT2D eigenvalue weighted by atomic mass is 9.98. The summed E-state index contributed by atoms with van der Waals surface area (Å²) < 4.78 is 32.6. The van der Waals surface area contributed by atoms with E-state index in [2.05, 4.69) is 19.2 Å². The van der Waals surface area contributed by atoms with Crippen LogP contribution in [0.15, 0.2) is 29.2 Å². The second-order valence-electron chi connectivity index (χ2n) is 6.58. The molecule has 0 unspecified atom stereocenters. The molecule has 0 atom stereocenters. The molecule has 0 amide bonds. The van der Waals surface area contributed by atoms with Gasteiger partial charge in [-0.25, -0.2) is 8.42 Å². The summed E-state index contributed by atoms with van der Waals surface area (Å²) in [4.78, 5) is 0.349. The Morgan fingerprint density at radius 3 is 2.35 bits per heavy atom. The molecule has 0 radical (unpaired) electrons. The van der Waals surface area contributed by atoms with Crippen LogP contribution in [0, 0.1) is 11.8 Å². The molecule has 1 aliphatic rings. The Hall–Kier alpha value is -1.11. The third kappa shape index (κ3) is 4.93. The number of hydrogen-bond acceptors (Lipinski definition) is 4. The molecule has 0 spiro atoms. The van der Waals surface area contributed by atoms with Gasteiger partial charge in [-0.2, -0.15) is 4.31 Å². The van der Waals surface area contributed by atoms with Crippen molar-refractivity contribution in [3.8, 4) is 5.75 Å². The lowest BCUT2D eigenvalue weighted by molar-refractivity contribution is 0.269. The van der Waals surface area contributed by atoms with Gasteiger partial charge < -0.3 is 10.1 Å². The maximum absolute atomic E-state index is 12.7. The van der Waals surface area contributed by atoms with Gasteiger partial charge >= 0.3 is 0 Å². The third-order valence-electron chi connectivity index (χ3n) is 4.11. The molecule has 0 aromatic heterocycles. The van der Waals surface area contributed by atoms with E-state index in [9.17, 15) is 8.42 Å². The Kier molecular flexibility index (Phi) is 6.44. The first-order valence-electron chi connectivity index (χ1n) is 8.31.